The van der Waals surface area contributed by atoms with Crippen LogP contribution in [0.3, 0.4) is 0 Å². The van der Waals surface area contributed by atoms with Crippen LogP contribution in [0.15, 0.2) is 46.9 Å². The highest BCUT2D eigenvalue weighted by atomic mass is 79.9. The molecule has 6 heteroatoms. The zero-order chi connectivity index (χ0) is 15.9. The van der Waals surface area contributed by atoms with Crippen molar-refractivity contribution in [1.82, 2.24) is 4.98 Å². The van der Waals surface area contributed by atoms with Gasteiger partial charge in [0, 0.05) is 26.0 Å². The number of carbonyl (C=O) groups excluding carboxylic acids is 1. The number of carboxylic acid groups (broad SMARTS) is 1. The highest BCUT2D eigenvalue weighted by molar-refractivity contribution is 9.10. The summed E-state index contributed by atoms with van der Waals surface area (Å²) in [5, 5.41) is 12.8. The minimum Gasteiger partial charge on any atom is -0.545 e. The summed E-state index contributed by atoms with van der Waals surface area (Å²) < 4.78 is 0.765. The molecule has 22 heavy (non-hydrogen) atoms. The van der Waals surface area contributed by atoms with Crippen LogP contribution < -0.4 is 5.11 Å². The van der Waals surface area contributed by atoms with Crippen LogP contribution in [0.25, 0.3) is 22.2 Å². The SMILES string of the molecule is O=C([O-])c1cc(-c2ccc(Cl)cc2Cl)nc2ccc(Br)cc12. The summed E-state index contributed by atoms with van der Waals surface area (Å²) in [6.45, 7) is 0. The number of hydrogen-bond donors (Lipinski definition) is 0. The summed E-state index contributed by atoms with van der Waals surface area (Å²) in [5.41, 5.74) is 1.67. The molecular weight excluding hydrogens is 389 g/mol. The fourth-order valence-corrected chi connectivity index (χ4v) is 3.07. The Labute approximate surface area is 144 Å². The number of carboxylic acids is 1. The number of aromatic carboxylic acids is 1. The molecular formula is C16H7BrCl2NO2-. The zero-order valence-corrected chi connectivity index (χ0v) is 14.0. The molecule has 2 aromatic carbocycles. The molecule has 3 rings (SSSR count). The lowest BCUT2D eigenvalue weighted by Crippen LogP contribution is -2.22. The first kappa shape index (κ1) is 15.3. The predicted molar refractivity (Wildman–Crippen MR) is 89.2 cm³/mol. The lowest BCUT2D eigenvalue weighted by Gasteiger charge is -2.12. The fraction of sp³-hybridized carbons (Fsp3) is 0. The summed E-state index contributed by atoms with van der Waals surface area (Å²) in [6.07, 6.45) is 0. The summed E-state index contributed by atoms with van der Waals surface area (Å²) in [5.74, 6) is -1.27. The van der Waals surface area contributed by atoms with Crippen LogP contribution in [0.4, 0.5) is 0 Å². The Bertz CT molecular complexity index is 912. The molecule has 0 atom stereocenters. The molecule has 0 aliphatic heterocycles. The number of aromatic nitrogens is 1. The summed E-state index contributed by atoms with van der Waals surface area (Å²) in [7, 11) is 0. The van der Waals surface area contributed by atoms with E-state index >= 15 is 0 Å². The highest BCUT2D eigenvalue weighted by Crippen LogP contribution is 2.32. The first-order chi connectivity index (χ1) is 10.5. The maximum absolute atomic E-state index is 11.4. The van der Waals surface area contributed by atoms with Crippen LogP contribution in [-0.2, 0) is 0 Å². The molecule has 0 saturated carbocycles. The Balaban J connectivity index is 2.32. The van der Waals surface area contributed by atoms with E-state index in [1.165, 1.54) is 6.07 Å². The second-order valence-corrected chi connectivity index (χ2v) is 6.39. The van der Waals surface area contributed by atoms with E-state index in [9.17, 15) is 9.90 Å². The van der Waals surface area contributed by atoms with E-state index in [1.807, 2.05) is 0 Å². The third kappa shape index (κ3) is 2.82. The summed E-state index contributed by atoms with van der Waals surface area (Å²) >= 11 is 15.4. The van der Waals surface area contributed by atoms with Crippen LogP contribution in [0.1, 0.15) is 10.4 Å². The van der Waals surface area contributed by atoms with E-state index in [-0.39, 0.29) is 5.56 Å². The third-order valence-electron chi connectivity index (χ3n) is 3.20. The quantitative estimate of drug-likeness (QED) is 0.648. The predicted octanol–water partition coefficient (Wildman–Crippen LogP) is 4.33. The van der Waals surface area contributed by atoms with Crippen molar-refractivity contribution in [1.29, 1.82) is 0 Å². The Morgan fingerprint density at radius 2 is 1.86 bits per heavy atom. The number of fused-ring (bicyclic) bond motifs is 1. The number of carbonyl (C=O) groups is 1. The molecule has 1 heterocycles. The maximum atomic E-state index is 11.4. The van der Waals surface area contributed by atoms with Gasteiger partial charge in [-0.2, -0.15) is 0 Å². The Morgan fingerprint density at radius 3 is 2.55 bits per heavy atom. The van der Waals surface area contributed by atoms with E-state index in [0.29, 0.717) is 32.2 Å². The molecule has 3 nitrogen and oxygen atoms in total. The molecule has 0 N–H and O–H groups in total. The van der Waals surface area contributed by atoms with Gasteiger partial charge in [-0.1, -0.05) is 39.1 Å². The molecule has 0 amide bonds. The van der Waals surface area contributed by atoms with E-state index in [4.69, 9.17) is 23.2 Å². The molecule has 0 spiro atoms. The van der Waals surface area contributed by atoms with E-state index < -0.39 is 5.97 Å². The number of hydrogen-bond acceptors (Lipinski definition) is 3. The minimum atomic E-state index is -1.27. The van der Waals surface area contributed by atoms with Crippen molar-refractivity contribution in [3.8, 4) is 11.3 Å². The van der Waals surface area contributed by atoms with Crippen molar-refractivity contribution in [3.63, 3.8) is 0 Å². The Hall–Kier alpha value is -1.62. The van der Waals surface area contributed by atoms with Gasteiger partial charge in [-0.3, -0.25) is 0 Å². The van der Waals surface area contributed by atoms with Gasteiger partial charge in [-0.15, -0.1) is 0 Å². The lowest BCUT2D eigenvalue weighted by atomic mass is 10.0. The fourth-order valence-electron chi connectivity index (χ4n) is 2.20. The number of halogens is 3. The second kappa shape index (κ2) is 5.88. The average molecular weight is 396 g/mol. The highest BCUT2D eigenvalue weighted by Gasteiger charge is 2.11. The minimum absolute atomic E-state index is 0.0623. The monoisotopic (exact) mass is 394 g/mol. The van der Waals surface area contributed by atoms with Crippen molar-refractivity contribution in [3.05, 3.63) is 62.5 Å². The second-order valence-electron chi connectivity index (χ2n) is 4.63. The Morgan fingerprint density at radius 1 is 1.09 bits per heavy atom. The average Bonchev–Trinajstić information content (AvgIpc) is 2.46. The molecule has 0 aliphatic rings. The van der Waals surface area contributed by atoms with Gasteiger partial charge >= 0.3 is 0 Å². The molecule has 0 fully saturated rings. The summed E-state index contributed by atoms with van der Waals surface area (Å²) in [6, 6.07) is 11.6. The van der Waals surface area contributed by atoms with Crippen molar-refractivity contribution < 1.29 is 9.90 Å². The molecule has 3 aromatic rings. The van der Waals surface area contributed by atoms with E-state index in [2.05, 4.69) is 20.9 Å². The van der Waals surface area contributed by atoms with Crippen molar-refractivity contribution in [2.75, 3.05) is 0 Å². The van der Waals surface area contributed by atoms with Gasteiger partial charge in [0.05, 0.1) is 22.2 Å². The smallest absolute Gasteiger partial charge is 0.0731 e. The van der Waals surface area contributed by atoms with Crippen LogP contribution in [0.2, 0.25) is 10.0 Å². The topological polar surface area (TPSA) is 53.0 Å². The molecule has 0 saturated heterocycles. The van der Waals surface area contributed by atoms with Crippen LogP contribution >= 0.6 is 39.1 Å². The summed E-state index contributed by atoms with van der Waals surface area (Å²) in [4.78, 5) is 15.9. The molecule has 0 aliphatic carbocycles. The first-order valence-corrected chi connectivity index (χ1v) is 7.77. The van der Waals surface area contributed by atoms with Crippen LogP contribution in [0, 0.1) is 0 Å². The largest absolute Gasteiger partial charge is 0.545 e. The van der Waals surface area contributed by atoms with Gasteiger partial charge in [0.2, 0.25) is 0 Å². The Kier molecular flexibility index (Phi) is 4.08. The van der Waals surface area contributed by atoms with Gasteiger partial charge in [-0.25, -0.2) is 4.98 Å². The van der Waals surface area contributed by atoms with E-state index in [0.717, 1.165) is 4.47 Å². The number of rotatable bonds is 2. The third-order valence-corrected chi connectivity index (χ3v) is 4.24. The number of nitrogens with zero attached hydrogens (tertiary/aromatic N) is 1. The molecule has 0 radical (unpaired) electrons. The maximum Gasteiger partial charge on any atom is 0.0731 e. The molecule has 1 aromatic heterocycles. The normalized spacial score (nSPS) is 10.9. The van der Waals surface area contributed by atoms with Gasteiger partial charge in [0.1, 0.15) is 0 Å². The van der Waals surface area contributed by atoms with Crippen LogP contribution in [0.5, 0.6) is 0 Å². The number of benzene rings is 2. The number of pyridine rings is 1. The van der Waals surface area contributed by atoms with Crippen molar-refractivity contribution in [2.24, 2.45) is 0 Å². The standard InChI is InChI=1S/C16H8BrCl2NO2/c17-8-1-4-14-11(5-8)12(16(21)22)7-15(20-14)10-3-2-9(18)6-13(10)19/h1-7H,(H,21,22)/p-1. The van der Waals surface area contributed by atoms with Crippen LogP contribution in [-0.4, -0.2) is 11.0 Å². The van der Waals surface area contributed by atoms with Gasteiger partial charge in [-0.05, 0) is 42.5 Å². The van der Waals surface area contributed by atoms with E-state index in [1.54, 1.807) is 36.4 Å². The molecule has 0 unspecified atom stereocenters. The van der Waals surface area contributed by atoms with Gasteiger partial charge in [0.25, 0.3) is 0 Å². The van der Waals surface area contributed by atoms with Gasteiger partial charge < -0.3 is 9.90 Å². The van der Waals surface area contributed by atoms with Crippen molar-refractivity contribution >= 4 is 56.0 Å². The van der Waals surface area contributed by atoms with Gasteiger partial charge in [0.15, 0.2) is 0 Å². The zero-order valence-electron chi connectivity index (χ0n) is 10.9. The molecule has 110 valence electrons. The lowest BCUT2D eigenvalue weighted by molar-refractivity contribution is -0.254. The van der Waals surface area contributed by atoms with Crippen molar-refractivity contribution in [2.45, 2.75) is 0 Å². The first-order valence-electron chi connectivity index (χ1n) is 6.23. The molecule has 0 bridgehead atoms.